The van der Waals surface area contributed by atoms with Crippen LogP contribution >= 0.6 is 22.9 Å². The summed E-state index contributed by atoms with van der Waals surface area (Å²) < 4.78 is 10.5. The van der Waals surface area contributed by atoms with Gasteiger partial charge in [0, 0.05) is 11.6 Å². The zero-order chi connectivity index (χ0) is 14.8. The molecule has 21 heavy (non-hydrogen) atoms. The molecule has 1 aromatic heterocycles. The second-order valence-corrected chi connectivity index (χ2v) is 6.09. The van der Waals surface area contributed by atoms with Gasteiger partial charge in [0.1, 0.15) is 0 Å². The third kappa shape index (κ3) is 3.14. The van der Waals surface area contributed by atoms with Gasteiger partial charge >= 0.3 is 0 Å². The minimum absolute atomic E-state index is 0.0382. The number of fused-ring (bicyclic) bond motifs is 1. The topological polar surface area (TPSA) is 47.6 Å². The quantitative estimate of drug-likeness (QED) is 0.937. The van der Waals surface area contributed by atoms with E-state index in [-0.39, 0.29) is 18.7 Å². The summed E-state index contributed by atoms with van der Waals surface area (Å²) in [5.41, 5.74) is 1.69. The largest absolute Gasteiger partial charge is 0.454 e. The van der Waals surface area contributed by atoms with Crippen LogP contribution in [0.15, 0.2) is 29.0 Å². The van der Waals surface area contributed by atoms with Gasteiger partial charge < -0.3 is 14.8 Å². The summed E-state index contributed by atoms with van der Waals surface area (Å²) in [6.07, 6.45) is 0.799. The van der Waals surface area contributed by atoms with E-state index >= 15 is 0 Å². The molecule has 4 nitrogen and oxygen atoms in total. The van der Waals surface area contributed by atoms with Crippen LogP contribution in [-0.2, 0) is 6.42 Å². The smallest absolute Gasteiger partial charge is 0.251 e. The fourth-order valence-corrected chi connectivity index (χ4v) is 3.17. The molecule has 0 radical (unpaired) electrons. The SMILES string of the molecule is CC(Cc1ccsc1)NC(=O)c1cc(Cl)c2c(c1)OCO2. The molecule has 6 heteroatoms. The first kappa shape index (κ1) is 14.2. The van der Waals surface area contributed by atoms with Crippen molar-refractivity contribution in [3.05, 3.63) is 45.1 Å². The molecule has 3 rings (SSSR count). The highest BCUT2D eigenvalue weighted by molar-refractivity contribution is 7.07. The Morgan fingerprint density at radius 3 is 3.10 bits per heavy atom. The normalized spacial score (nSPS) is 14.0. The van der Waals surface area contributed by atoms with E-state index in [9.17, 15) is 4.79 Å². The number of benzene rings is 1. The van der Waals surface area contributed by atoms with Crippen LogP contribution in [0.25, 0.3) is 0 Å². The number of halogens is 1. The number of carbonyl (C=O) groups excluding carboxylic acids is 1. The van der Waals surface area contributed by atoms with Crippen molar-refractivity contribution in [3.63, 3.8) is 0 Å². The summed E-state index contributed by atoms with van der Waals surface area (Å²) in [6.45, 7) is 2.11. The first-order chi connectivity index (χ1) is 10.1. The van der Waals surface area contributed by atoms with Gasteiger partial charge in [0.15, 0.2) is 11.5 Å². The molecule has 0 aliphatic carbocycles. The molecule has 1 aliphatic heterocycles. The number of nitrogens with one attached hydrogen (secondary N) is 1. The molecule has 2 aromatic rings. The van der Waals surface area contributed by atoms with Crippen LogP contribution in [0.4, 0.5) is 0 Å². The molecule has 0 bridgehead atoms. The van der Waals surface area contributed by atoms with Crippen LogP contribution in [0.5, 0.6) is 11.5 Å². The molecular formula is C15H14ClNO3S. The Morgan fingerprint density at radius 1 is 1.48 bits per heavy atom. The second kappa shape index (κ2) is 5.95. The Hall–Kier alpha value is -1.72. The minimum Gasteiger partial charge on any atom is -0.454 e. The summed E-state index contributed by atoms with van der Waals surface area (Å²) >= 11 is 7.74. The van der Waals surface area contributed by atoms with Gasteiger partial charge in [0.25, 0.3) is 5.91 Å². The maximum absolute atomic E-state index is 12.3. The molecular weight excluding hydrogens is 310 g/mol. The van der Waals surface area contributed by atoms with Crippen molar-refractivity contribution in [2.75, 3.05) is 6.79 Å². The molecule has 1 amide bonds. The number of amides is 1. The van der Waals surface area contributed by atoms with Crippen molar-refractivity contribution >= 4 is 28.8 Å². The van der Waals surface area contributed by atoms with E-state index in [0.717, 1.165) is 6.42 Å². The van der Waals surface area contributed by atoms with Crippen molar-refractivity contribution in [2.24, 2.45) is 0 Å². The fraction of sp³-hybridized carbons (Fsp3) is 0.267. The third-order valence-electron chi connectivity index (χ3n) is 3.19. The number of thiophene rings is 1. The fourth-order valence-electron chi connectivity index (χ4n) is 2.22. The number of carbonyl (C=O) groups is 1. The van der Waals surface area contributed by atoms with E-state index in [4.69, 9.17) is 21.1 Å². The Labute approximate surface area is 131 Å². The summed E-state index contributed by atoms with van der Waals surface area (Å²) in [6, 6.07) is 5.35. The van der Waals surface area contributed by atoms with Crippen LogP contribution in [-0.4, -0.2) is 18.7 Å². The lowest BCUT2D eigenvalue weighted by atomic mass is 10.1. The van der Waals surface area contributed by atoms with Gasteiger partial charge in [-0.3, -0.25) is 4.79 Å². The highest BCUT2D eigenvalue weighted by Crippen LogP contribution is 2.39. The Balaban J connectivity index is 1.69. The second-order valence-electron chi connectivity index (χ2n) is 4.90. The third-order valence-corrected chi connectivity index (χ3v) is 4.20. The number of ether oxygens (including phenoxy) is 2. The average Bonchev–Trinajstić information content (AvgIpc) is 3.09. The standard InChI is InChI=1S/C15H14ClNO3S/c1-9(4-10-2-3-21-7-10)17-15(18)11-5-12(16)14-13(6-11)19-8-20-14/h2-3,5-7,9H,4,8H2,1H3,(H,17,18). The van der Waals surface area contributed by atoms with E-state index in [0.29, 0.717) is 22.1 Å². The van der Waals surface area contributed by atoms with Gasteiger partial charge in [0.2, 0.25) is 6.79 Å². The molecule has 1 atom stereocenters. The lowest BCUT2D eigenvalue weighted by Gasteiger charge is -2.13. The lowest BCUT2D eigenvalue weighted by molar-refractivity contribution is 0.0939. The van der Waals surface area contributed by atoms with E-state index < -0.39 is 0 Å². The monoisotopic (exact) mass is 323 g/mol. The number of rotatable bonds is 4. The van der Waals surface area contributed by atoms with Gasteiger partial charge in [-0.25, -0.2) is 0 Å². The van der Waals surface area contributed by atoms with Crippen molar-refractivity contribution < 1.29 is 14.3 Å². The molecule has 110 valence electrons. The molecule has 0 saturated heterocycles. The van der Waals surface area contributed by atoms with Gasteiger partial charge in [-0.2, -0.15) is 11.3 Å². The summed E-state index contributed by atoms with van der Waals surface area (Å²) in [7, 11) is 0. The van der Waals surface area contributed by atoms with Crippen LogP contribution < -0.4 is 14.8 Å². The highest BCUT2D eigenvalue weighted by atomic mass is 35.5. The molecule has 0 fully saturated rings. The molecule has 0 saturated carbocycles. The Kier molecular flexibility index (Phi) is 4.03. The van der Waals surface area contributed by atoms with Crippen molar-refractivity contribution in [3.8, 4) is 11.5 Å². The zero-order valence-corrected chi connectivity index (χ0v) is 13.0. The first-order valence-electron chi connectivity index (χ1n) is 6.54. The number of hydrogen-bond donors (Lipinski definition) is 1. The van der Waals surface area contributed by atoms with Crippen molar-refractivity contribution in [1.29, 1.82) is 0 Å². The van der Waals surface area contributed by atoms with Gasteiger partial charge in [0.05, 0.1) is 5.02 Å². The van der Waals surface area contributed by atoms with Crippen LogP contribution in [0.2, 0.25) is 5.02 Å². The van der Waals surface area contributed by atoms with Crippen LogP contribution in [0, 0.1) is 0 Å². The average molecular weight is 324 g/mol. The Bertz CT molecular complexity index is 657. The predicted molar refractivity (Wildman–Crippen MR) is 82.5 cm³/mol. The van der Waals surface area contributed by atoms with Crippen LogP contribution in [0.1, 0.15) is 22.8 Å². The zero-order valence-electron chi connectivity index (χ0n) is 11.4. The molecule has 1 aromatic carbocycles. The molecule has 1 aliphatic rings. The van der Waals surface area contributed by atoms with E-state index in [2.05, 4.69) is 16.8 Å². The summed E-state index contributed by atoms with van der Waals surface area (Å²) in [5.74, 6) is 0.843. The van der Waals surface area contributed by atoms with E-state index in [1.54, 1.807) is 23.5 Å². The van der Waals surface area contributed by atoms with Gasteiger partial charge in [-0.05, 0) is 47.9 Å². The van der Waals surface area contributed by atoms with E-state index in [1.807, 2.05) is 12.3 Å². The number of hydrogen-bond acceptors (Lipinski definition) is 4. The summed E-state index contributed by atoms with van der Waals surface area (Å²) in [5, 5.41) is 7.47. The maximum atomic E-state index is 12.3. The highest BCUT2D eigenvalue weighted by Gasteiger charge is 2.21. The molecule has 1 N–H and O–H groups in total. The lowest BCUT2D eigenvalue weighted by Crippen LogP contribution is -2.33. The Morgan fingerprint density at radius 2 is 2.33 bits per heavy atom. The first-order valence-corrected chi connectivity index (χ1v) is 7.86. The van der Waals surface area contributed by atoms with E-state index in [1.165, 1.54) is 5.56 Å². The van der Waals surface area contributed by atoms with Crippen LogP contribution in [0.3, 0.4) is 0 Å². The van der Waals surface area contributed by atoms with Crippen molar-refractivity contribution in [2.45, 2.75) is 19.4 Å². The minimum atomic E-state index is -0.169. The molecule has 0 spiro atoms. The predicted octanol–water partition coefficient (Wildman–Crippen LogP) is 3.49. The molecule has 1 unspecified atom stereocenters. The maximum Gasteiger partial charge on any atom is 0.251 e. The van der Waals surface area contributed by atoms with Crippen molar-refractivity contribution in [1.82, 2.24) is 5.32 Å². The summed E-state index contributed by atoms with van der Waals surface area (Å²) in [4.78, 5) is 12.3. The molecule has 2 heterocycles. The van der Waals surface area contributed by atoms with Gasteiger partial charge in [-0.15, -0.1) is 0 Å². The van der Waals surface area contributed by atoms with Gasteiger partial charge in [-0.1, -0.05) is 11.6 Å².